The molecular formula is C34H38N4O6. The Balaban J connectivity index is 1.43. The lowest BCUT2D eigenvalue weighted by atomic mass is 9.70. The highest BCUT2D eigenvalue weighted by atomic mass is 16.6. The zero-order chi connectivity index (χ0) is 31.3. The van der Waals surface area contributed by atoms with Crippen LogP contribution in [0.25, 0.3) is 0 Å². The van der Waals surface area contributed by atoms with Gasteiger partial charge in [0.15, 0.2) is 11.2 Å². The van der Waals surface area contributed by atoms with Crippen molar-refractivity contribution in [2.45, 2.75) is 49.6 Å². The smallest absolute Gasteiger partial charge is 0.410 e. The molecule has 1 aliphatic carbocycles. The fraction of sp³-hybridized carbons (Fsp3) is 0.441. The van der Waals surface area contributed by atoms with Crippen LogP contribution in [0.5, 0.6) is 11.5 Å². The molecular weight excluding hydrogens is 560 g/mol. The Kier molecular flexibility index (Phi) is 7.52. The lowest BCUT2D eigenvalue weighted by Crippen LogP contribution is -2.52. The third-order valence-electron chi connectivity index (χ3n) is 9.11. The quantitative estimate of drug-likeness (QED) is 0.451. The number of piperazine rings is 1. The second-order valence-corrected chi connectivity index (χ2v) is 12.8. The molecule has 2 N–H and O–H groups in total. The standard InChI is InChI=1S/C34H38N4O6/c1-32(2,3)44-31(40)38-16-14-37(15-17-38)21-25-28(23-8-6-5-7-9-23)34(24-12-10-22(18-35)11-13-24)33(41,30(25)39)29-26(42-4)19-36-20-27(29)43-34/h5-13,19-20,25,28,30,39,41H,14-17,21H2,1-4H3/t25?,28?,30-,33+,34?/m1/s1. The third kappa shape index (κ3) is 4.67. The monoisotopic (exact) mass is 598 g/mol. The molecule has 0 spiro atoms. The number of benzene rings is 2. The molecule has 44 heavy (non-hydrogen) atoms. The number of aliphatic hydroxyl groups excluding tert-OH is 1. The number of pyridine rings is 1. The van der Waals surface area contributed by atoms with Crippen molar-refractivity contribution in [1.82, 2.24) is 14.8 Å². The molecule has 2 aromatic carbocycles. The molecule has 3 aromatic rings. The zero-order valence-electron chi connectivity index (χ0n) is 25.4. The average Bonchev–Trinajstić information content (AvgIpc) is 3.39. The van der Waals surface area contributed by atoms with E-state index in [0.29, 0.717) is 60.9 Å². The minimum Gasteiger partial charge on any atom is -0.495 e. The van der Waals surface area contributed by atoms with Gasteiger partial charge in [-0.2, -0.15) is 5.26 Å². The van der Waals surface area contributed by atoms with E-state index in [4.69, 9.17) is 14.2 Å². The number of ether oxygens (including phenoxy) is 3. The number of hydrogen-bond donors (Lipinski definition) is 2. The van der Waals surface area contributed by atoms with Crippen molar-refractivity contribution in [1.29, 1.82) is 5.26 Å². The summed E-state index contributed by atoms with van der Waals surface area (Å²) in [7, 11) is 1.50. The fourth-order valence-corrected chi connectivity index (χ4v) is 7.27. The van der Waals surface area contributed by atoms with Gasteiger partial charge in [-0.05, 0) is 44.0 Å². The van der Waals surface area contributed by atoms with Gasteiger partial charge in [-0.3, -0.25) is 9.88 Å². The maximum atomic E-state index is 13.0. The van der Waals surface area contributed by atoms with Crippen LogP contribution >= 0.6 is 0 Å². The molecule has 0 radical (unpaired) electrons. The van der Waals surface area contributed by atoms with Crippen LogP contribution in [0.1, 0.15) is 48.9 Å². The van der Waals surface area contributed by atoms with Crippen molar-refractivity contribution in [2.24, 2.45) is 5.92 Å². The van der Waals surface area contributed by atoms with Gasteiger partial charge < -0.3 is 29.3 Å². The van der Waals surface area contributed by atoms with Crippen molar-refractivity contribution in [3.8, 4) is 17.6 Å². The molecule has 10 heteroatoms. The molecule has 0 bridgehead atoms. The number of amides is 1. The number of nitrogens with zero attached hydrogens (tertiary/aromatic N) is 4. The van der Waals surface area contributed by atoms with Crippen LogP contribution < -0.4 is 9.47 Å². The highest BCUT2D eigenvalue weighted by molar-refractivity contribution is 5.68. The number of methoxy groups -OCH3 is 1. The maximum Gasteiger partial charge on any atom is 0.410 e. The van der Waals surface area contributed by atoms with Crippen LogP contribution in [-0.4, -0.2) is 82.6 Å². The topological polar surface area (TPSA) is 128 Å². The van der Waals surface area contributed by atoms with Crippen molar-refractivity contribution >= 4 is 6.09 Å². The first kappa shape index (κ1) is 29.9. The molecule has 1 aromatic heterocycles. The van der Waals surface area contributed by atoms with Gasteiger partial charge in [-0.25, -0.2) is 4.79 Å². The van der Waals surface area contributed by atoms with Crippen molar-refractivity contribution in [2.75, 3.05) is 39.8 Å². The van der Waals surface area contributed by atoms with Gasteiger partial charge in [0.1, 0.15) is 17.1 Å². The molecule has 1 saturated carbocycles. The summed E-state index contributed by atoms with van der Waals surface area (Å²) in [4.78, 5) is 20.9. The van der Waals surface area contributed by atoms with E-state index in [1.54, 1.807) is 35.4 Å². The Bertz CT molecular complexity index is 1560. The van der Waals surface area contributed by atoms with Crippen LogP contribution in [0.3, 0.4) is 0 Å². The molecule has 2 aliphatic heterocycles. The van der Waals surface area contributed by atoms with Crippen molar-refractivity contribution in [3.63, 3.8) is 0 Å². The molecule has 230 valence electrons. The normalized spacial score (nSPS) is 28.0. The van der Waals surface area contributed by atoms with E-state index >= 15 is 0 Å². The van der Waals surface area contributed by atoms with Crippen LogP contribution in [0.4, 0.5) is 4.79 Å². The van der Waals surface area contributed by atoms with Gasteiger partial charge in [0.25, 0.3) is 0 Å². The van der Waals surface area contributed by atoms with E-state index in [0.717, 1.165) is 5.56 Å². The second kappa shape index (κ2) is 11.1. The predicted octanol–water partition coefficient (Wildman–Crippen LogP) is 3.76. The number of nitriles is 1. The van der Waals surface area contributed by atoms with Crippen LogP contribution in [0, 0.1) is 17.2 Å². The van der Waals surface area contributed by atoms with E-state index in [9.17, 15) is 20.3 Å². The lowest BCUT2D eigenvalue weighted by Gasteiger charge is -2.41. The number of fused-ring (bicyclic) bond motifs is 3. The van der Waals surface area contributed by atoms with Gasteiger partial charge in [-0.15, -0.1) is 0 Å². The third-order valence-corrected chi connectivity index (χ3v) is 9.11. The first-order chi connectivity index (χ1) is 21.0. The molecule has 6 rings (SSSR count). The van der Waals surface area contributed by atoms with Crippen molar-refractivity contribution in [3.05, 3.63) is 89.2 Å². The molecule has 3 unspecified atom stereocenters. The molecule has 2 fully saturated rings. The number of aromatic nitrogens is 1. The average molecular weight is 599 g/mol. The molecule has 10 nitrogen and oxygen atoms in total. The van der Waals surface area contributed by atoms with Gasteiger partial charge in [0.2, 0.25) is 0 Å². The Morgan fingerprint density at radius 1 is 1.09 bits per heavy atom. The minimum atomic E-state index is -1.92. The molecule has 1 amide bonds. The number of hydrogen-bond acceptors (Lipinski definition) is 9. The number of carbonyl (C=O) groups is 1. The summed E-state index contributed by atoms with van der Waals surface area (Å²) in [5.74, 6) is -0.353. The van der Waals surface area contributed by atoms with E-state index in [2.05, 4.69) is 16.0 Å². The largest absolute Gasteiger partial charge is 0.495 e. The summed E-state index contributed by atoms with van der Waals surface area (Å²) >= 11 is 0. The highest BCUT2D eigenvalue weighted by Gasteiger charge is 2.76. The fourth-order valence-electron chi connectivity index (χ4n) is 7.27. The Labute approximate surface area is 257 Å². The maximum absolute atomic E-state index is 13.0. The lowest BCUT2D eigenvalue weighted by molar-refractivity contribution is -0.152. The molecule has 3 aliphatic rings. The van der Waals surface area contributed by atoms with Crippen LogP contribution in [-0.2, 0) is 15.9 Å². The number of aliphatic hydroxyl groups is 2. The summed E-state index contributed by atoms with van der Waals surface area (Å²) in [6.45, 7) is 8.12. The van der Waals surface area contributed by atoms with E-state index < -0.39 is 34.7 Å². The van der Waals surface area contributed by atoms with Crippen LogP contribution in [0.2, 0.25) is 0 Å². The number of rotatable bonds is 5. The van der Waals surface area contributed by atoms with E-state index in [1.165, 1.54) is 13.3 Å². The Morgan fingerprint density at radius 2 is 1.77 bits per heavy atom. The molecule has 1 saturated heterocycles. The van der Waals surface area contributed by atoms with Gasteiger partial charge in [0, 0.05) is 44.6 Å². The van der Waals surface area contributed by atoms with Gasteiger partial charge >= 0.3 is 6.09 Å². The molecule has 3 heterocycles. The first-order valence-electron chi connectivity index (χ1n) is 14.9. The molecule has 5 atom stereocenters. The number of carbonyl (C=O) groups excluding carboxylic acids is 1. The zero-order valence-corrected chi connectivity index (χ0v) is 25.4. The van der Waals surface area contributed by atoms with Gasteiger partial charge in [0.05, 0.1) is 42.8 Å². The Hall–Kier alpha value is -4.17. The SMILES string of the molecule is COc1cncc2c1[C@]1(O)[C@H](O)C(CN3CCN(C(=O)OC(C)(C)C)CC3)C(c3ccccc3)C1(c1ccc(C#N)cc1)O2. The first-order valence-corrected chi connectivity index (χ1v) is 14.9. The van der Waals surface area contributed by atoms with E-state index in [-0.39, 0.29) is 6.09 Å². The highest BCUT2D eigenvalue weighted by Crippen LogP contribution is 2.69. The predicted molar refractivity (Wildman–Crippen MR) is 161 cm³/mol. The minimum absolute atomic E-state index is 0.318. The van der Waals surface area contributed by atoms with Crippen LogP contribution in [0.15, 0.2) is 67.0 Å². The second-order valence-electron chi connectivity index (χ2n) is 12.8. The summed E-state index contributed by atoms with van der Waals surface area (Å²) in [5.41, 5.74) is -1.63. The van der Waals surface area contributed by atoms with Gasteiger partial charge in [-0.1, -0.05) is 42.5 Å². The van der Waals surface area contributed by atoms with Crippen molar-refractivity contribution < 1.29 is 29.2 Å². The summed E-state index contributed by atoms with van der Waals surface area (Å²) in [6.07, 6.45) is 1.45. The Morgan fingerprint density at radius 3 is 2.39 bits per heavy atom. The summed E-state index contributed by atoms with van der Waals surface area (Å²) in [5, 5.41) is 34.9. The summed E-state index contributed by atoms with van der Waals surface area (Å²) < 4.78 is 18.1. The summed E-state index contributed by atoms with van der Waals surface area (Å²) in [6, 6.07) is 18.9. The van der Waals surface area contributed by atoms with E-state index in [1.807, 2.05) is 51.1 Å².